The lowest BCUT2D eigenvalue weighted by molar-refractivity contribution is -0.114. The Bertz CT molecular complexity index is 912. The third-order valence-electron chi connectivity index (χ3n) is 5.11. The van der Waals surface area contributed by atoms with Crippen LogP contribution in [0.2, 0.25) is 0 Å². The summed E-state index contributed by atoms with van der Waals surface area (Å²) in [5.74, 6) is 1.42. The minimum atomic E-state index is -0.123. The monoisotopic (exact) mass is 406 g/mol. The summed E-state index contributed by atoms with van der Waals surface area (Å²) in [5.41, 5.74) is 4.45. The SMILES string of the molecule is CN=C(NCc1ccc(OC)c(NC(C)=O)c1)N1CCC(=Cc2ccccc2)CC1. The van der Waals surface area contributed by atoms with Crippen LogP contribution in [0.5, 0.6) is 5.75 Å². The maximum Gasteiger partial charge on any atom is 0.221 e. The number of anilines is 1. The number of carbonyl (C=O) groups is 1. The number of amides is 1. The number of ether oxygens (including phenoxy) is 1. The molecular formula is C24H30N4O2. The topological polar surface area (TPSA) is 66.0 Å². The molecule has 1 amide bonds. The van der Waals surface area contributed by atoms with E-state index in [0.717, 1.165) is 37.5 Å². The average Bonchev–Trinajstić information content (AvgIpc) is 2.76. The smallest absolute Gasteiger partial charge is 0.221 e. The van der Waals surface area contributed by atoms with E-state index in [2.05, 4.69) is 50.9 Å². The fraction of sp³-hybridized carbons (Fsp3) is 0.333. The van der Waals surface area contributed by atoms with Crippen molar-refractivity contribution in [3.05, 3.63) is 65.2 Å². The van der Waals surface area contributed by atoms with E-state index in [-0.39, 0.29) is 5.91 Å². The van der Waals surface area contributed by atoms with Gasteiger partial charge in [0.1, 0.15) is 5.75 Å². The molecule has 1 heterocycles. The Balaban J connectivity index is 1.58. The number of nitrogens with one attached hydrogen (secondary N) is 2. The van der Waals surface area contributed by atoms with Gasteiger partial charge in [-0.3, -0.25) is 9.79 Å². The van der Waals surface area contributed by atoms with E-state index < -0.39 is 0 Å². The number of guanidine groups is 1. The van der Waals surface area contributed by atoms with Crippen LogP contribution < -0.4 is 15.4 Å². The van der Waals surface area contributed by atoms with Gasteiger partial charge in [0.2, 0.25) is 5.91 Å². The zero-order chi connectivity index (χ0) is 21.3. The van der Waals surface area contributed by atoms with Gasteiger partial charge >= 0.3 is 0 Å². The van der Waals surface area contributed by atoms with Crippen LogP contribution >= 0.6 is 0 Å². The van der Waals surface area contributed by atoms with E-state index >= 15 is 0 Å². The number of aliphatic imine (C=N–C) groups is 1. The number of piperidine rings is 1. The number of rotatable bonds is 5. The second-order valence-corrected chi connectivity index (χ2v) is 7.32. The van der Waals surface area contributed by atoms with Gasteiger partial charge in [-0.05, 0) is 36.1 Å². The molecule has 0 unspecified atom stereocenters. The highest BCUT2D eigenvalue weighted by Crippen LogP contribution is 2.25. The summed E-state index contributed by atoms with van der Waals surface area (Å²) in [6.07, 6.45) is 4.37. The summed E-state index contributed by atoms with van der Waals surface area (Å²) in [5, 5.41) is 6.26. The number of nitrogens with zero attached hydrogens (tertiary/aromatic N) is 2. The quantitative estimate of drug-likeness (QED) is 0.584. The highest BCUT2D eigenvalue weighted by atomic mass is 16.5. The van der Waals surface area contributed by atoms with Crippen LogP contribution in [0.3, 0.4) is 0 Å². The van der Waals surface area contributed by atoms with Crippen LogP contribution in [0, 0.1) is 0 Å². The van der Waals surface area contributed by atoms with Gasteiger partial charge in [0.25, 0.3) is 0 Å². The number of carbonyl (C=O) groups excluding carboxylic acids is 1. The second kappa shape index (κ2) is 10.5. The van der Waals surface area contributed by atoms with Crippen LogP contribution in [0.4, 0.5) is 5.69 Å². The Morgan fingerprint density at radius 2 is 1.90 bits per heavy atom. The average molecular weight is 407 g/mol. The van der Waals surface area contributed by atoms with E-state index in [0.29, 0.717) is 18.0 Å². The molecule has 1 saturated heterocycles. The molecule has 2 N–H and O–H groups in total. The van der Waals surface area contributed by atoms with Gasteiger partial charge in [0.05, 0.1) is 12.8 Å². The largest absolute Gasteiger partial charge is 0.495 e. The maximum atomic E-state index is 11.4. The van der Waals surface area contributed by atoms with E-state index in [1.54, 1.807) is 7.11 Å². The van der Waals surface area contributed by atoms with Gasteiger partial charge < -0.3 is 20.3 Å². The number of hydrogen-bond acceptors (Lipinski definition) is 3. The molecule has 6 heteroatoms. The van der Waals surface area contributed by atoms with E-state index in [1.807, 2.05) is 31.3 Å². The molecule has 0 saturated carbocycles. The second-order valence-electron chi connectivity index (χ2n) is 7.32. The Kier molecular flexibility index (Phi) is 7.49. The number of likely N-dealkylation sites (tertiary alicyclic amines) is 1. The number of methoxy groups -OCH3 is 1. The molecule has 2 aromatic carbocycles. The van der Waals surface area contributed by atoms with Crippen molar-refractivity contribution in [2.75, 3.05) is 32.6 Å². The predicted molar refractivity (Wildman–Crippen MR) is 123 cm³/mol. The first kappa shape index (κ1) is 21.4. The molecule has 1 fully saturated rings. The maximum absolute atomic E-state index is 11.4. The Morgan fingerprint density at radius 3 is 2.53 bits per heavy atom. The molecule has 0 aliphatic carbocycles. The van der Waals surface area contributed by atoms with Crippen LogP contribution in [0.25, 0.3) is 6.08 Å². The van der Waals surface area contributed by atoms with Gasteiger partial charge in [-0.1, -0.05) is 48.0 Å². The lowest BCUT2D eigenvalue weighted by Crippen LogP contribution is -2.44. The lowest BCUT2D eigenvalue weighted by atomic mass is 10.0. The van der Waals surface area contributed by atoms with Gasteiger partial charge in [0, 0.05) is 33.6 Å². The van der Waals surface area contributed by atoms with Crippen molar-refractivity contribution in [1.82, 2.24) is 10.2 Å². The van der Waals surface area contributed by atoms with Gasteiger partial charge in [-0.25, -0.2) is 0 Å². The van der Waals surface area contributed by atoms with Crippen LogP contribution in [-0.4, -0.2) is 44.0 Å². The normalized spacial score (nSPS) is 14.3. The molecule has 0 spiro atoms. The molecular weight excluding hydrogens is 376 g/mol. The van der Waals surface area contributed by atoms with Crippen molar-refractivity contribution in [2.24, 2.45) is 4.99 Å². The highest BCUT2D eigenvalue weighted by Gasteiger charge is 2.17. The van der Waals surface area contributed by atoms with E-state index in [9.17, 15) is 4.79 Å². The number of hydrogen-bond donors (Lipinski definition) is 2. The molecule has 2 aromatic rings. The van der Waals surface area contributed by atoms with Crippen LogP contribution in [0.1, 0.15) is 30.9 Å². The molecule has 1 aliphatic heterocycles. The van der Waals surface area contributed by atoms with Gasteiger partial charge in [-0.15, -0.1) is 0 Å². The highest BCUT2D eigenvalue weighted by molar-refractivity contribution is 5.90. The minimum absolute atomic E-state index is 0.123. The van der Waals surface area contributed by atoms with Crippen molar-refractivity contribution in [3.63, 3.8) is 0 Å². The Labute approximate surface area is 178 Å². The van der Waals surface area contributed by atoms with Crippen molar-refractivity contribution in [3.8, 4) is 5.75 Å². The summed E-state index contributed by atoms with van der Waals surface area (Å²) >= 11 is 0. The third-order valence-corrected chi connectivity index (χ3v) is 5.11. The van der Waals surface area contributed by atoms with E-state index in [4.69, 9.17) is 4.74 Å². The standard InChI is InChI=1S/C24H30N4O2/c1-18(29)27-22-16-21(9-10-23(22)30-3)17-26-24(25-2)28-13-11-20(12-14-28)15-19-7-5-4-6-8-19/h4-10,15-16H,11-14,17H2,1-3H3,(H,25,26)(H,27,29). The zero-order valence-electron chi connectivity index (χ0n) is 17.9. The fourth-order valence-corrected chi connectivity index (χ4v) is 3.60. The minimum Gasteiger partial charge on any atom is -0.495 e. The molecule has 0 aromatic heterocycles. The predicted octanol–water partition coefficient (Wildman–Crippen LogP) is 3.91. The molecule has 1 aliphatic rings. The molecule has 3 rings (SSSR count). The molecule has 158 valence electrons. The number of benzene rings is 2. The third kappa shape index (κ3) is 5.86. The van der Waals surface area contributed by atoms with Crippen molar-refractivity contribution < 1.29 is 9.53 Å². The van der Waals surface area contributed by atoms with Gasteiger partial charge in [-0.2, -0.15) is 0 Å². The van der Waals surface area contributed by atoms with Crippen molar-refractivity contribution in [1.29, 1.82) is 0 Å². The summed E-state index contributed by atoms with van der Waals surface area (Å²) < 4.78 is 5.32. The fourth-order valence-electron chi connectivity index (χ4n) is 3.60. The lowest BCUT2D eigenvalue weighted by Gasteiger charge is -2.31. The molecule has 0 bridgehead atoms. The first-order valence-electron chi connectivity index (χ1n) is 10.2. The summed E-state index contributed by atoms with van der Waals surface area (Å²) in [7, 11) is 3.41. The zero-order valence-corrected chi connectivity index (χ0v) is 17.9. The first-order chi connectivity index (χ1) is 14.6. The summed E-state index contributed by atoms with van der Waals surface area (Å²) in [6, 6.07) is 16.3. The summed E-state index contributed by atoms with van der Waals surface area (Å²) in [4.78, 5) is 18.2. The van der Waals surface area contributed by atoms with Crippen molar-refractivity contribution >= 4 is 23.6 Å². The van der Waals surface area contributed by atoms with E-state index in [1.165, 1.54) is 18.1 Å². The Morgan fingerprint density at radius 1 is 1.17 bits per heavy atom. The van der Waals surface area contributed by atoms with Gasteiger partial charge in [0.15, 0.2) is 5.96 Å². The molecule has 6 nitrogen and oxygen atoms in total. The Hall–Kier alpha value is -3.28. The first-order valence-corrected chi connectivity index (χ1v) is 10.2. The molecule has 30 heavy (non-hydrogen) atoms. The molecule has 0 atom stereocenters. The van der Waals surface area contributed by atoms with Crippen LogP contribution in [0.15, 0.2) is 59.1 Å². The van der Waals surface area contributed by atoms with Crippen LogP contribution in [-0.2, 0) is 11.3 Å². The van der Waals surface area contributed by atoms with Crippen molar-refractivity contribution in [2.45, 2.75) is 26.3 Å². The summed E-state index contributed by atoms with van der Waals surface area (Å²) in [6.45, 7) is 3.99. The molecule has 0 radical (unpaired) electrons.